The van der Waals surface area contributed by atoms with E-state index in [0.717, 1.165) is 4.90 Å². The number of esters is 1. The fourth-order valence-electron chi connectivity index (χ4n) is 1.64. The molecule has 0 saturated heterocycles. The number of carbonyl (C=O) groups excluding carboxylic acids is 1. The molecule has 0 atom stereocenters. The summed E-state index contributed by atoms with van der Waals surface area (Å²) in [5, 5.41) is 18.7. The van der Waals surface area contributed by atoms with E-state index in [1.165, 1.54) is 37.1 Å². The predicted octanol–water partition coefficient (Wildman–Crippen LogP) is 3.03. The minimum atomic E-state index is -0.989. The topological polar surface area (TPSA) is 83.8 Å². The van der Waals surface area contributed by atoms with Crippen molar-refractivity contribution in [3.63, 3.8) is 0 Å². The molecule has 0 fully saturated rings. The molecule has 0 bridgehead atoms. The van der Waals surface area contributed by atoms with E-state index in [2.05, 4.69) is 4.74 Å². The average molecular weight is 304 g/mol. The highest BCUT2D eigenvalue weighted by atomic mass is 32.2. The molecule has 5 nitrogen and oxygen atoms in total. The van der Waals surface area contributed by atoms with E-state index in [1.54, 1.807) is 24.3 Å². The zero-order chi connectivity index (χ0) is 15.4. The molecule has 0 amide bonds. The van der Waals surface area contributed by atoms with Crippen LogP contribution in [0.5, 0.6) is 5.75 Å². The van der Waals surface area contributed by atoms with Gasteiger partial charge in [0.2, 0.25) is 0 Å². The van der Waals surface area contributed by atoms with Gasteiger partial charge in [0.15, 0.2) is 0 Å². The Morgan fingerprint density at radius 3 is 2.19 bits per heavy atom. The molecule has 0 unspecified atom stereocenters. The highest BCUT2D eigenvalue weighted by Crippen LogP contribution is 2.35. The Kier molecular flexibility index (Phi) is 4.49. The lowest BCUT2D eigenvalue weighted by molar-refractivity contribution is 0.0599. The minimum absolute atomic E-state index is 0.0368. The van der Waals surface area contributed by atoms with Crippen molar-refractivity contribution in [3.8, 4) is 5.75 Å². The number of methoxy groups -OCH3 is 1. The quantitative estimate of drug-likeness (QED) is 0.845. The van der Waals surface area contributed by atoms with Crippen LogP contribution in [0.3, 0.4) is 0 Å². The summed E-state index contributed by atoms with van der Waals surface area (Å²) in [6.07, 6.45) is 0. The van der Waals surface area contributed by atoms with Crippen LogP contribution in [0.15, 0.2) is 52.3 Å². The summed E-state index contributed by atoms with van der Waals surface area (Å²) in [5.74, 6) is -1.55. The van der Waals surface area contributed by atoms with Gasteiger partial charge in [0.1, 0.15) is 5.75 Å². The van der Waals surface area contributed by atoms with Crippen molar-refractivity contribution < 1.29 is 24.5 Å². The Bertz CT molecular complexity index is 679. The molecule has 0 aliphatic heterocycles. The van der Waals surface area contributed by atoms with Gasteiger partial charge in [-0.15, -0.1) is 0 Å². The molecular formula is C15H12O5S. The van der Waals surface area contributed by atoms with Crippen LogP contribution in [0.25, 0.3) is 0 Å². The summed E-state index contributed by atoms with van der Waals surface area (Å²) in [6, 6.07) is 10.8. The van der Waals surface area contributed by atoms with E-state index in [-0.39, 0.29) is 16.9 Å². The number of hydrogen-bond acceptors (Lipinski definition) is 5. The number of carbonyl (C=O) groups is 2. The molecule has 0 aromatic heterocycles. The molecule has 2 aromatic rings. The highest BCUT2D eigenvalue weighted by molar-refractivity contribution is 7.99. The van der Waals surface area contributed by atoms with Gasteiger partial charge >= 0.3 is 11.9 Å². The van der Waals surface area contributed by atoms with Gasteiger partial charge in [-0.1, -0.05) is 11.8 Å². The largest absolute Gasteiger partial charge is 0.507 e. The van der Waals surface area contributed by atoms with Crippen molar-refractivity contribution >= 4 is 23.7 Å². The number of ether oxygens (including phenoxy) is 1. The van der Waals surface area contributed by atoms with E-state index >= 15 is 0 Å². The monoisotopic (exact) mass is 304 g/mol. The first kappa shape index (κ1) is 14.9. The Labute approximate surface area is 125 Å². The summed E-state index contributed by atoms with van der Waals surface area (Å²) in [5.41, 5.74) is 0.463. The Morgan fingerprint density at radius 1 is 1.05 bits per heavy atom. The lowest BCUT2D eigenvalue weighted by Crippen LogP contribution is -2.00. The summed E-state index contributed by atoms with van der Waals surface area (Å²) in [4.78, 5) is 23.4. The molecule has 108 valence electrons. The normalized spacial score (nSPS) is 10.1. The SMILES string of the molecule is COC(=O)c1ccc(Sc2ccc(C(=O)O)cc2)c(O)c1. The summed E-state index contributed by atoms with van der Waals surface area (Å²) >= 11 is 1.27. The second kappa shape index (κ2) is 6.32. The fourth-order valence-corrected chi connectivity index (χ4v) is 2.47. The van der Waals surface area contributed by atoms with Crippen LogP contribution < -0.4 is 0 Å². The van der Waals surface area contributed by atoms with Gasteiger partial charge < -0.3 is 14.9 Å². The number of benzene rings is 2. The van der Waals surface area contributed by atoms with Gasteiger partial charge in [-0.2, -0.15) is 0 Å². The van der Waals surface area contributed by atoms with Gasteiger partial charge in [0.05, 0.1) is 23.1 Å². The minimum Gasteiger partial charge on any atom is -0.507 e. The van der Waals surface area contributed by atoms with Gasteiger partial charge in [0.25, 0.3) is 0 Å². The van der Waals surface area contributed by atoms with Gasteiger partial charge in [0, 0.05) is 4.90 Å². The molecule has 2 rings (SSSR count). The maximum absolute atomic E-state index is 11.3. The van der Waals surface area contributed by atoms with Crippen LogP contribution in [0.4, 0.5) is 0 Å². The van der Waals surface area contributed by atoms with Crippen LogP contribution >= 0.6 is 11.8 Å². The van der Waals surface area contributed by atoms with Crippen molar-refractivity contribution in [2.24, 2.45) is 0 Å². The maximum Gasteiger partial charge on any atom is 0.337 e. The molecule has 0 spiro atoms. The third kappa shape index (κ3) is 3.55. The van der Waals surface area contributed by atoms with Crippen molar-refractivity contribution in [1.29, 1.82) is 0 Å². The smallest absolute Gasteiger partial charge is 0.337 e. The van der Waals surface area contributed by atoms with Gasteiger partial charge in [-0.3, -0.25) is 0 Å². The standard InChI is InChI=1S/C15H12O5S/c1-20-15(19)10-4-7-13(12(16)8-10)21-11-5-2-9(3-6-11)14(17)18/h2-8,16H,1H3,(H,17,18). The number of carboxylic acid groups (broad SMARTS) is 1. The Morgan fingerprint density at radius 2 is 1.67 bits per heavy atom. The summed E-state index contributed by atoms with van der Waals surface area (Å²) in [6.45, 7) is 0. The Hall–Kier alpha value is -2.47. The van der Waals surface area contributed by atoms with Crippen molar-refractivity contribution in [2.45, 2.75) is 9.79 Å². The average Bonchev–Trinajstić information content (AvgIpc) is 2.49. The predicted molar refractivity (Wildman–Crippen MR) is 77.0 cm³/mol. The molecule has 6 heteroatoms. The molecule has 0 aliphatic carbocycles. The van der Waals surface area contributed by atoms with Crippen LogP contribution in [0.1, 0.15) is 20.7 Å². The molecular weight excluding hydrogens is 292 g/mol. The van der Waals surface area contributed by atoms with E-state index in [0.29, 0.717) is 4.90 Å². The third-order valence-corrected chi connectivity index (χ3v) is 3.78. The molecule has 21 heavy (non-hydrogen) atoms. The van der Waals surface area contributed by atoms with Crippen LogP contribution in [0.2, 0.25) is 0 Å². The van der Waals surface area contributed by atoms with Gasteiger partial charge in [-0.25, -0.2) is 9.59 Å². The molecule has 2 N–H and O–H groups in total. The second-order valence-electron chi connectivity index (χ2n) is 4.11. The number of hydrogen-bond donors (Lipinski definition) is 2. The summed E-state index contributed by atoms with van der Waals surface area (Å²) < 4.78 is 4.57. The van der Waals surface area contributed by atoms with Crippen LogP contribution in [0, 0.1) is 0 Å². The molecule has 0 heterocycles. The lowest BCUT2D eigenvalue weighted by atomic mass is 10.2. The number of rotatable bonds is 4. The maximum atomic E-state index is 11.3. The zero-order valence-electron chi connectivity index (χ0n) is 11.1. The third-order valence-electron chi connectivity index (χ3n) is 2.71. The molecule has 0 saturated carbocycles. The van der Waals surface area contributed by atoms with Crippen LogP contribution in [-0.4, -0.2) is 29.3 Å². The van der Waals surface area contributed by atoms with Crippen molar-refractivity contribution in [3.05, 3.63) is 53.6 Å². The first-order valence-electron chi connectivity index (χ1n) is 5.94. The molecule has 0 radical (unpaired) electrons. The number of phenolic OH excluding ortho intramolecular Hbond substituents is 1. The van der Waals surface area contributed by atoms with E-state index in [4.69, 9.17) is 5.11 Å². The number of carboxylic acids is 1. The summed E-state index contributed by atoms with van der Waals surface area (Å²) in [7, 11) is 1.27. The highest BCUT2D eigenvalue weighted by Gasteiger charge is 2.10. The van der Waals surface area contributed by atoms with Crippen LogP contribution in [-0.2, 0) is 4.74 Å². The first-order valence-corrected chi connectivity index (χ1v) is 6.75. The van der Waals surface area contributed by atoms with E-state index < -0.39 is 11.9 Å². The number of phenols is 1. The molecule has 2 aromatic carbocycles. The Balaban J connectivity index is 2.19. The van der Waals surface area contributed by atoms with Crippen molar-refractivity contribution in [1.82, 2.24) is 0 Å². The van der Waals surface area contributed by atoms with Gasteiger partial charge in [-0.05, 0) is 42.5 Å². The fraction of sp³-hybridized carbons (Fsp3) is 0.0667. The van der Waals surface area contributed by atoms with E-state index in [9.17, 15) is 14.7 Å². The lowest BCUT2D eigenvalue weighted by Gasteiger charge is -2.06. The first-order chi connectivity index (χ1) is 10.0. The zero-order valence-corrected chi connectivity index (χ0v) is 11.9. The number of aromatic carboxylic acids is 1. The molecule has 0 aliphatic rings. The number of aromatic hydroxyl groups is 1. The van der Waals surface area contributed by atoms with Crippen molar-refractivity contribution in [2.75, 3.05) is 7.11 Å². The van der Waals surface area contributed by atoms with E-state index in [1.807, 2.05) is 0 Å². The second-order valence-corrected chi connectivity index (χ2v) is 5.22.